The van der Waals surface area contributed by atoms with E-state index in [-0.39, 0.29) is 0 Å². The standard InChI is InChI=1S/C13H16N2/c1-9-2-3-11(7-15-9)12-5-4-10-6-14-8-13(10)12/h2-3,5,7,10,13-14H,4,6,8H2,1H3/t10-,13+/m1/s1. The van der Waals surface area contributed by atoms with Gasteiger partial charge in [-0.1, -0.05) is 12.1 Å². The zero-order chi connectivity index (χ0) is 10.3. The molecule has 2 aliphatic rings. The van der Waals surface area contributed by atoms with Gasteiger partial charge < -0.3 is 5.32 Å². The average molecular weight is 200 g/mol. The highest BCUT2D eigenvalue weighted by Gasteiger charge is 2.33. The van der Waals surface area contributed by atoms with E-state index in [0.717, 1.165) is 24.1 Å². The maximum absolute atomic E-state index is 4.38. The number of aryl methyl sites for hydroxylation is 1. The van der Waals surface area contributed by atoms with E-state index in [1.54, 1.807) is 0 Å². The molecule has 2 nitrogen and oxygen atoms in total. The minimum atomic E-state index is 0.731. The number of aromatic nitrogens is 1. The Morgan fingerprint density at radius 2 is 2.27 bits per heavy atom. The van der Waals surface area contributed by atoms with Crippen LogP contribution >= 0.6 is 0 Å². The van der Waals surface area contributed by atoms with Gasteiger partial charge in [0.2, 0.25) is 0 Å². The van der Waals surface area contributed by atoms with Gasteiger partial charge in [0.1, 0.15) is 0 Å². The third kappa shape index (κ3) is 1.49. The third-order valence-electron chi connectivity index (χ3n) is 3.62. The van der Waals surface area contributed by atoms with Crippen molar-refractivity contribution in [2.75, 3.05) is 13.1 Å². The predicted octanol–water partition coefficient (Wildman–Crippen LogP) is 2.01. The van der Waals surface area contributed by atoms with Crippen molar-refractivity contribution in [3.8, 4) is 0 Å². The van der Waals surface area contributed by atoms with E-state index in [9.17, 15) is 0 Å². The molecule has 0 unspecified atom stereocenters. The Hall–Kier alpha value is -1.15. The van der Waals surface area contributed by atoms with Crippen LogP contribution in [0.4, 0.5) is 0 Å². The zero-order valence-corrected chi connectivity index (χ0v) is 9.03. The lowest BCUT2D eigenvalue weighted by Crippen LogP contribution is -2.10. The van der Waals surface area contributed by atoms with Crippen LogP contribution in [0, 0.1) is 18.8 Å². The Bertz CT molecular complexity index is 392. The van der Waals surface area contributed by atoms with Crippen molar-refractivity contribution >= 4 is 5.57 Å². The summed E-state index contributed by atoms with van der Waals surface area (Å²) in [7, 11) is 0. The molecule has 1 saturated heterocycles. The van der Waals surface area contributed by atoms with E-state index in [2.05, 4.69) is 28.5 Å². The maximum Gasteiger partial charge on any atom is 0.0373 e. The summed E-state index contributed by atoms with van der Waals surface area (Å²) in [4.78, 5) is 4.38. The highest BCUT2D eigenvalue weighted by atomic mass is 14.9. The van der Waals surface area contributed by atoms with Crippen LogP contribution in [0.3, 0.4) is 0 Å². The lowest BCUT2D eigenvalue weighted by molar-refractivity contribution is 0.542. The van der Waals surface area contributed by atoms with Gasteiger partial charge in [0.25, 0.3) is 0 Å². The van der Waals surface area contributed by atoms with E-state index in [1.807, 2.05) is 13.1 Å². The number of fused-ring (bicyclic) bond motifs is 1. The lowest BCUT2D eigenvalue weighted by atomic mass is 9.91. The van der Waals surface area contributed by atoms with Gasteiger partial charge in [-0.15, -0.1) is 0 Å². The molecule has 1 aromatic heterocycles. The lowest BCUT2D eigenvalue weighted by Gasteiger charge is -2.13. The van der Waals surface area contributed by atoms with Gasteiger partial charge in [0.15, 0.2) is 0 Å². The van der Waals surface area contributed by atoms with Crippen LogP contribution in [0.15, 0.2) is 24.4 Å². The van der Waals surface area contributed by atoms with Crippen LogP contribution in [0.2, 0.25) is 0 Å². The van der Waals surface area contributed by atoms with Crippen molar-refractivity contribution in [2.24, 2.45) is 11.8 Å². The maximum atomic E-state index is 4.38. The first-order valence-corrected chi connectivity index (χ1v) is 5.68. The minimum absolute atomic E-state index is 0.731. The predicted molar refractivity (Wildman–Crippen MR) is 61.4 cm³/mol. The van der Waals surface area contributed by atoms with Crippen LogP contribution in [0.5, 0.6) is 0 Å². The topological polar surface area (TPSA) is 24.9 Å². The molecule has 0 amide bonds. The van der Waals surface area contributed by atoms with Gasteiger partial charge in [0.05, 0.1) is 0 Å². The van der Waals surface area contributed by atoms with Crippen molar-refractivity contribution in [1.82, 2.24) is 10.3 Å². The summed E-state index contributed by atoms with van der Waals surface area (Å²) in [6, 6.07) is 4.31. The summed E-state index contributed by atoms with van der Waals surface area (Å²) in [6.07, 6.45) is 5.66. The van der Waals surface area contributed by atoms with Gasteiger partial charge in [-0.2, -0.15) is 0 Å². The fourth-order valence-corrected chi connectivity index (χ4v) is 2.74. The normalized spacial score (nSPS) is 29.0. The summed E-state index contributed by atoms with van der Waals surface area (Å²) in [5.74, 6) is 1.57. The molecule has 0 spiro atoms. The second-order valence-electron chi connectivity index (χ2n) is 4.61. The number of allylic oxidation sites excluding steroid dienone is 1. The largest absolute Gasteiger partial charge is 0.316 e. The van der Waals surface area contributed by atoms with Crippen molar-refractivity contribution in [3.63, 3.8) is 0 Å². The molecule has 3 rings (SSSR count). The summed E-state index contributed by atoms with van der Waals surface area (Å²) >= 11 is 0. The van der Waals surface area contributed by atoms with E-state index in [1.165, 1.54) is 24.1 Å². The third-order valence-corrected chi connectivity index (χ3v) is 3.62. The van der Waals surface area contributed by atoms with Crippen molar-refractivity contribution < 1.29 is 0 Å². The first-order valence-electron chi connectivity index (χ1n) is 5.68. The van der Waals surface area contributed by atoms with Crippen LogP contribution in [-0.2, 0) is 0 Å². The highest BCUT2D eigenvalue weighted by molar-refractivity contribution is 5.69. The zero-order valence-electron chi connectivity index (χ0n) is 9.03. The van der Waals surface area contributed by atoms with Crippen molar-refractivity contribution in [1.29, 1.82) is 0 Å². The second kappa shape index (κ2) is 3.46. The number of rotatable bonds is 1. The Morgan fingerprint density at radius 1 is 1.33 bits per heavy atom. The van der Waals surface area contributed by atoms with Gasteiger partial charge >= 0.3 is 0 Å². The fourth-order valence-electron chi connectivity index (χ4n) is 2.74. The molecule has 0 saturated carbocycles. The molecule has 0 bridgehead atoms. The summed E-state index contributed by atoms with van der Waals surface area (Å²) in [6.45, 7) is 4.36. The van der Waals surface area contributed by atoms with E-state index in [4.69, 9.17) is 0 Å². The molecule has 1 fully saturated rings. The number of nitrogens with one attached hydrogen (secondary N) is 1. The Morgan fingerprint density at radius 3 is 3.07 bits per heavy atom. The molecule has 15 heavy (non-hydrogen) atoms. The van der Waals surface area contributed by atoms with E-state index >= 15 is 0 Å². The van der Waals surface area contributed by atoms with Gasteiger partial charge in [-0.05, 0) is 43.0 Å². The molecular weight excluding hydrogens is 184 g/mol. The molecular formula is C13H16N2. The van der Waals surface area contributed by atoms with E-state index in [0.29, 0.717) is 0 Å². The number of nitrogens with zero attached hydrogens (tertiary/aromatic N) is 1. The Kier molecular flexibility index (Phi) is 2.10. The SMILES string of the molecule is Cc1ccc(C2=CC[C@@H]3CNC[C@H]23)cn1. The average Bonchev–Trinajstić information content (AvgIpc) is 2.80. The summed E-state index contributed by atoms with van der Waals surface area (Å²) < 4.78 is 0. The molecule has 0 aromatic carbocycles. The quantitative estimate of drug-likeness (QED) is 0.750. The van der Waals surface area contributed by atoms with Crippen LogP contribution in [0.25, 0.3) is 5.57 Å². The first-order chi connectivity index (χ1) is 7.34. The van der Waals surface area contributed by atoms with Crippen LogP contribution < -0.4 is 5.32 Å². The molecule has 1 aliphatic carbocycles. The molecule has 0 radical (unpaired) electrons. The van der Waals surface area contributed by atoms with Crippen LogP contribution in [-0.4, -0.2) is 18.1 Å². The fraction of sp³-hybridized carbons (Fsp3) is 0.462. The van der Waals surface area contributed by atoms with Gasteiger partial charge in [-0.3, -0.25) is 4.98 Å². The summed E-state index contributed by atoms with van der Waals surface area (Å²) in [5.41, 5.74) is 3.92. The summed E-state index contributed by atoms with van der Waals surface area (Å²) in [5, 5.41) is 3.47. The van der Waals surface area contributed by atoms with E-state index < -0.39 is 0 Å². The molecule has 1 N–H and O–H groups in total. The van der Waals surface area contributed by atoms with Gasteiger partial charge in [0, 0.05) is 24.4 Å². The molecule has 2 heterocycles. The number of hydrogen-bond acceptors (Lipinski definition) is 2. The Balaban J connectivity index is 1.91. The second-order valence-corrected chi connectivity index (χ2v) is 4.61. The van der Waals surface area contributed by atoms with Crippen molar-refractivity contribution in [2.45, 2.75) is 13.3 Å². The Labute approximate surface area is 90.4 Å². The van der Waals surface area contributed by atoms with Gasteiger partial charge in [-0.25, -0.2) is 0 Å². The smallest absolute Gasteiger partial charge is 0.0373 e. The minimum Gasteiger partial charge on any atom is -0.316 e. The monoisotopic (exact) mass is 200 g/mol. The van der Waals surface area contributed by atoms with Crippen molar-refractivity contribution in [3.05, 3.63) is 35.7 Å². The highest BCUT2D eigenvalue weighted by Crippen LogP contribution is 2.39. The first kappa shape index (κ1) is 9.10. The van der Waals surface area contributed by atoms with Crippen LogP contribution in [0.1, 0.15) is 17.7 Å². The molecule has 1 aromatic rings. The number of hydrogen-bond donors (Lipinski definition) is 1. The molecule has 2 heteroatoms. The molecule has 78 valence electrons. The number of pyridine rings is 1. The molecule has 2 atom stereocenters. The molecule has 1 aliphatic heterocycles.